The minimum atomic E-state index is -4.92. The number of hydrogen-bond donors (Lipinski definition) is 1. The van der Waals surface area contributed by atoms with Crippen LogP contribution in [0, 0.1) is 5.82 Å². The van der Waals surface area contributed by atoms with Gasteiger partial charge in [-0.1, -0.05) is 37.6 Å². The first-order chi connectivity index (χ1) is 14.4. The maximum atomic E-state index is 14.2. The molecule has 1 aliphatic rings. The van der Waals surface area contributed by atoms with Crippen molar-refractivity contribution in [3.05, 3.63) is 64.4 Å². The van der Waals surface area contributed by atoms with Crippen molar-refractivity contribution < 1.29 is 27.4 Å². The number of ether oxygens (including phenoxy) is 1. The molecule has 0 saturated carbocycles. The van der Waals surface area contributed by atoms with Crippen LogP contribution < -0.4 is 9.64 Å². The molecule has 0 amide bonds. The van der Waals surface area contributed by atoms with Gasteiger partial charge in [-0.2, -0.15) is 13.2 Å². The summed E-state index contributed by atoms with van der Waals surface area (Å²) >= 11 is 6.00. The van der Waals surface area contributed by atoms with Gasteiger partial charge in [0, 0.05) is 22.8 Å². The molecule has 0 aromatic heterocycles. The Kier molecular flexibility index (Phi) is 6.31. The lowest BCUT2D eigenvalue weighted by molar-refractivity contribution is -0.262. The van der Waals surface area contributed by atoms with Gasteiger partial charge in [-0.25, -0.2) is 4.39 Å². The lowest BCUT2D eigenvalue weighted by Crippen LogP contribution is -2.56. The molecule has 2 aromatic carbocycles. The Morgan fingerprint density at radius 2 is 1.84 bits per heavy atom. The number of alkyl halides is 3. The Balaban J connectivity index is 1.97. The molecule has 1 heterocycles. The minimum Gasteiger partial charge on any atom is -0.496 e. The topological polar surface area (TPSA) is 32.7 Å². The van der Waals surface area contributed by atoms with E-state index in [9.17, 15) is 22.7 Å². The first-order valence-electron chi connectivity index (χ1n) is 9.70. The summed E-state index contributed by atoms with van der Waals surface area (Å²) in [4.78, 5) is 1.47. The number of anilines is 1. The van der Waals surface area contributed by atoms with Gasteiger partial charge in [-0.15, -0.1) is 0 Å². The molecular weight excluding hydrogens is 434 g/mol. The average molecular weight is 458 g/mol. The highest BCUT2D eigenvalue weighted by molar-refractivity contribution is 6.30. The first-order valence-corrected chi connectivity index (χ1v) is 10.1. The lowest BCUT2D eigenvalue weighted by Gasteiger charge is -2.42. The van der Waals surface area contributed by atoms with Gasteiger partial charge in [0.2, 0.25) is 0 Å². The van der Waals surface area contributed by atoms with Crippen molar-refractivity contribution in [3.63, 3.8) is 0 Å². The van der Waals surface area contributed by atoms with E-state index >= 15 is 0 Å². The van der Waals surface area contributed by atoms with Gasteiger partial charge in [0.05, 0.1) is 13.7 Å². The molecule has 8 heteroatoms. The van der Waals surface area contributed by atoms with Crippen molar-refractivity contribution in [3.8, 4) is 5.75 Å². The zero-order valence-corrected chi connectivity index (χ0v) is 18.2. The molecule has 1 atom stereocenters. The van der Waals surface area contributed by atoms with Crippen LogP contribution in [0.25, 0.3) is 6.08 Å². The molecule has 0 bridgehead atoms. The summed E-state index contributed by atoms with van der Waals surface area (Å²) in [7, 11) is 1.37. The van der Waals surface area contributed by atoms with E-state index < -0.39 is 36.0 Å². The zero-order chi connectivity index (χ0) is 23.0. The monoisotopic (exact) mass is 457 g/mol. The van der Waals surface area contributed by atoms with Crippen LogP contribution in [0.15, 0.2) is 42.5 Å². The number of hydrogen-bond acceptors (Lipinski definition) is 3. The quantitative estimate of drug-likeness (QED) is 0.541. The maximum Gasteiger partial charge on any atom is 0.418 e. The molecule has 0 saturated heterocycles. The summed E-state index contributed by atoms with van der Waals surface area (Å²) in [5, 5.41) is 11.4. The molecule has 3 nitrogen and oxygen atoms in total. The van der Waals surface area contributed by atoms with Crippen LogP contribution in [-0.2, 0) is 5.41 Å². The summed E-state index contributed by atoms with van der Waals surface area (Å²) in [5.74, 6) is -0.330. The third kappa shape index (κ3) is 4.83. The Morgan fingerprint density at radius 1 is 1.13 bits per heavy atom. The van der Waals surface area contributed by atoms with Crippen LogP contribution in [-0.4, -0.2) is 37.1 Å². The van der Waals surface area contributed by atoms with Gasteiger partial charge in [0.15, 0.2) is 5.60 Å². The predicted octanol–water partition coefficient (Wildman–Crippen LogP) is 5.98. The molecule has 31 heavy (non-hydrogen) atoms. The van der Waals surface area contributed by atoms with Gasteiger partial charge < -0.3 is 14.7 Å². The van der Waals surface area contributed by atoms with Crippen LogP contribution >= 0.6 is 11.6 Å². The molecule has 0 fully saturated rings. The number of halogens is 5. The second-order valence-corrected chi connectivity index (χ2v) is 8.86. The van der Waals surface area contributed by atoms with Gasteiger partial charge in [-0.05, 0) is 53.8 Å². The molecule has 0 radical (unpaired) electrons. The van der Waals surface area contributed by atoms with E-state index in [0.717, 1.165) is 6.07 Å². The summed E-state index contributed by atoms with van der Waals surface area (Å²) in [6.45, 7) is 2.59. The van der Waals surface area contributed by atoms with Crippen LogP contribution in [0.2, 0.25) is 5.02 Å². The normalized spacial score (nSPS) is 16.1. The fraction of sp³-hybridized carbons (Fsp3) is 0.391. The van der Waals surface area contributed by atoms with Crippen molar-refractivity contribution in [2.75, 3.05) is 25.1 Å². The van der Waals surface area contributed by atoms with Gasteiger partial charge >= 0.3 is 6.18 Å². The van der Waals surface area contributed by atoms with E-state index in [1.807, 2.05) is 0 Å². The van der Waals surface area contributed by atoms with Crippen molar-refractivity contribution in [2.45, 2.75) is 37.5 Å². The molecule has 3 rings (SSSR count). The molecule has 0 spiro atoms. The predicted molar refractivity (Wildman–Crippen MR) is 114 cm³/mol. The van der Waals surface area contributed by atoms with Crippen LogP contribution in [0.3, 0.4) is 0 Å². The van der Waals surface area contributed by atoms with Crippen molar-refractivity contribution in [1.82, 2.24) is 0 Å². The Hall–Kier alpha value is -2.25. The number of aliphatic hydroxyl groups is 1. The second-order valence-electron chi connectivity index (χ2n) is 8.42. The minimum absolute atomic E-state index is 0.205. The first kappa shape index (κ1) is 23.4. The molecule has 1 N–H and O–H groups in total. The van der Waals surface area contributed by atoms with E-state index in [-0.39, 0.29) is 17.9 Å². The highest BCUT2D eigenvalue weighted by atomic mass is 35.5. The smallest absolute Gasteiger partial charge is 0.418 e. The van der Waals surface area contributed by atoms with E-state index in [4.69, 9.17) is 16.3 Å². The Morgan fingerprint density at radius 3 is 2.48 bits per heavy atom. The Labute approximate surface area is 183 Å². The number of fused-ring (bicyclic) bond motifs is 1. The third-order valence-corrected chi connectivity index (χ3v) is 5.79. The van der Waals surface area contributed by atoms with Crippen molar-refractivity contribution in [1.29, 1.82) is 0 Å². The molecule has 168 valence electrons. The lowest BCUT2D eigenvalue weighted by atomic mass is 9.74. The van der Waals surface area contributed by atoms with E-state index in [0.29, 0.717) is 16.3 Å². The number of rotatable bonds is 6. The molecule has 2 aromatic rings. The molecule has 0 aliphatic carbocycles. The van der Waals surface area contributed by atoms with E-state index in [1.54, 1.807) is 30.4 Å². The molecule has 1 aliphatic heterocycles. The van der Waals surface area contributed by atoms with Crippen molar-refractivity contribution >= 4 is 23.4 Å². The SMILES string of the molecule is COc1ccc(F)cc1C(C)(C)CC(O)(CN1CC=Cc2cc(Cl)ccc21)C(F)(F)F. The van der Waals surface area contributed by atoms with Gasteiger partial charge in [0.25, 0.3) is 0 Å². The highest BCUT2D eigenvalue weighted by Gasteiger charge is 2.57. The van der Waals surface area contributed by atoms with Crippen LogP contribution in [0.1, 0.15) is 31.4 Å². The summed E-state index contributed by atoms with van der Waals surface area (Å²) in [6, 6.07) is 8.59. The fourth-order valence-electron chi connectivity index (χ4n) is 4.10. The zero-order valence-electron chi connectivity index (χ0n) is 17.4. The van der Waals surface area contributed by atoms with Gasteiger partial charge in [0.1, 0.15) is 11.6 Å². The number of β-amino-alcohol motifs (C(OH)–C–C–N with tert-alkyl or cyclic N) is 1. The average Bonchev–Trinajstić information content (AvgIpc) is 2.66. The van der Waals surface area contributed by atoms with E-state index in [1.165, 1.54) is 38.0 Å². The molecular formula is C23H24ClF4NO2. The standard InChI is InChI=1S/C23H24ClF4NO2/c1-21(2,18-12-17(25)7-9-20(18)31-3)13-22(30,23(26,27)28)14-29-10-4-5-15-11-16(24)6-8-19(15)29/h4-9,11-12,30H,10,13-14H2,1-3H3. The number of benzene rings is 2. The summed E-state index contributed by atoms with van der Waals surface area (Å²) in [5.41, 5.74) is -2.82. The number of nitrogens with zero attached hydrogens (tertiary/aromatic N) is 1. The summed E-state index contributed by atoms with van der Waals surface area (Å²) in [6.07, 6.45) is -2.10. The maximum absolute atomic E-state index is 14.2. The summed E-state index contributed by atoms with van der Waals surface area (Å²) < 4.78 is 61.7. The van der Waals surface area contributed by atoms with Crippen LogP contribution in [0.4, 0.5) is 23.2 Å². The van der Waals surface area contributed by atoms with E-state index in [2.05, 4.69) is 0 Å². The third-order valence-electron chi connectivity index (χ3n) is 5.56. The van der Waals surface area contributed by atoms with Crippen molar-refractivity contribution in [2.24, 2.45) is 0 Å². The largest absolute Gasteiger partial charge is 0.496 e. The number of methoxy groups -OCH3 is 1. The van der Waals surface area contributed by atoms with Crippen LogP contribution in [0.5, 0.6) is 5.75 Å². The molecule has 1 unspecified atom stereocenters. The fourth-order valence-corrected chi connectivity index (χ4v) is 4.28. The van der Waals surface area contributed by atoms with Gasteiger partial charge in [-0.3, -0.25) is 0 Å². The Bertz CT molecular complexity index is 990. The second kappa shape index (κ2) is 8.36. The highest BCUT2D eigenvalue weighted by Crippen LogP contribution is 2.45.